The van der Waals surface area contributed by atoms with Gasteiger partial charge in [0, 0.05) is 11.8 Å². The van der Waals surface area contributed by atoms with Crippen molar-refractivity contribution in [2.45, 2.75) is 18.7 Å². The molecule has 1 aromatic heterocycles. The Balaban J connectivity index is 2.35. The SMILES string of the molecule is CSC(C)CNCc1ccc(C(=O)O)o1. The van der Waals surface area contributed by atoms with Crippen LogP contribution in [0.1, 0.15) is 23.2 Å². The van der Waals surface area contributed by atoms with Crippen LogP contribution in [-0.2, 0) is 6.54 Å². The van der Waals surface area contributed by atoms with E-state index in [4.69, 9.17) is 9.52 Å². The molecule has 84 valence electrons. The van der Waals surface area contributed by atoms with Crippen LogP contribution in [0.3, 0.4) is 0 Å². The molecule has 0 radical (unpaired) electrons. The van der Waals surface area contributed by atoms with E-state index < -0.39 is 5.97 Å². The number of carbonyl (C=O) groups is 1. The zero-order chi connectivity index (χ0) is 11.3. The number of thioether (sulfide) groups is 1. The second-order valence-electron chi connectivity index (χ2n) is 3.25. The minimum atomic E-state index is -1.03. The average Bonchev–Trinajstić information content (AvgIpc) is 2.66. The average molecular weight is 229 g/mol. The van der Waals surface area contributed by atoms with Crippen LogP contribution in [0.2, 0.25) is 0 Å². The molecule has 0 saturated heterocycles. The molecule has 0 amide bonds. The number of rotatable bonds is 6. The number of furan rings is 1. The Morgan fingerprint density at radius 3 is 2.93 bits per heavy atom. The van der Waals surface area contributed by atoms with E-state index in [0.29, 0.717) is 17.6 Å². The maximum atomic E-state index is 10.5. The van der Waals surface area contributed by atoms with E-state index in [1.165, 1.54) is 6.07 Å². The summed E-state index contributed by atoms with van der Waals surface area (Å²) in [5.74, 6) is -0.385. The second-order valence-corrected chi connectivity index (χ2v) is 4.52. The smallest absolute Gasteiger partial charge is 0.371 e. The van der Waals surface area contributed by atoms with Crippen molar-refractivity contribution in [3.05, 3.63) is 23.7 Å². The van der Waals surface area contributed by atoms with Crippen molar-refractivity contribution in [3.8, 4) is 0 Å². The molecule has 5 heteroatoms. The van der Waals surface area contributed by atoms with Gasteiger partial charge in [0.2, 0.25) is 5.76 Å². The van der Waals surface area contributed by atoms with Crippen molar-refractivity contribution in [1.82, 2.24) is 5.32 Å². The molecule has 1 atom stereocenters. The van der Waals surface area contributed by atoms with Gasteiger partial charge in [0.1, 0.15) is 5.76 Å². The zero-order valence-electron chi connectivity index (χ0n) is 8.82. The monoisotopic (exact) mass is 229 g/mol. The van der Waals surface area contributed by atoms with E-state index in [0.717, 1.165) is 6.54 Å². The summed E-state index contributed by atoms with van der Waals surface area (Å²) in [6, 6.07) is 3.15. The van der Waals surface area contributed by atoms with Gasteiger partial charge in [-0.15, -0.1) is 0 Å². The van der Waals surface area contributed by atoms with Gasteiger partial charge in [0.15, 0.2) is 0 Å². The maximum absolute atomic E-state index is 10.5. The van der Waals surface area contributed by atoms with E-state index in [9.17, 15) is 4.79 Å². The van der Waals surface area contributed by atoms with Crippen LogP contribution in [0.15, 0.2) is 16.5 Å². The van der Waals surface area contributed by atoms with Gasteiger partial charge < -0.3 is 14.8 Å². The van der Waals surface area contributed by atoms with Gasteiger partial charge in [-0.1, -0.05) is 6.92 Å². The standard InChI is InChI=1S/C10H15NO3S/c1-7(15-2)5-11-6-8-3-4-9(14-8)10(12)13/h3-4,7,11H,5-6H2,1-2H3,(H,12,13). The Hall–Kier alpha value is -0.940. The lowest BCUT2D eigenvalue weighted by Crippen LogP contribution is -2.21. The molecule has 0 aromatic carbocycles. The fraction of sp³-hybridized carbons (Fsp3) is 0.500. The van der Waals surface area contributed by atoms with E-state index >= 15 is 0 Å². The van der Waals surface area contributed by atoms with Crippen LogP contribution in [0.4, 0.5) is 0 Å². The van der Waals surface area contributed by atoms with Crippen LogP contribution >= 0.6 is 11.8 Å². The molecule has 1 heterocycles. The van der Waals surface area contributed by atoms with Crippen molar-refractivity contribution in [3.63, 3.8) is 0 Å². The van der Waals surface area contributed by atoms with E-state index in [2.05, 4.69) is 18.5 Å². The van der Waals surface area contributed by atoms with Gasteiger partial charge in [-0.05, 0) is 18.4 Å². The van der Waals surface area contributed by atoms with Crippen molar-refractivity contribution in [1.29, 1.82) is 0 Å². The van der Waals surface area contributed by atoms with Crippen molar-refractivity contribution in [2.24, 2.45) is 0 Å². The minimum absolute atomic E-state index is 0.00952. The number of carboxylic acid groups (broad SMARTS) is 1. The highest BCUT2D eigenvalue weighted by Crippen LogP contribution is 2.08. The molecule has 1 rings (SSSR count). The Labute approximate surface area is 93.0 Å². The Kier molecular flexibility index (Phi) is 4.71. The Morgan fingerprint density at radius 1 is 1.67 bits per heavy atom. The highest BCUT2D eigenvalue weighted by atomic mass is 32.2. The molecule has 0 bridgehead atoms. The quantitative estimate of drug-likeness (QED) is 0.779. The molecule has 0 aliphatic rings. The summed E-state index contributed by atoms with van der Waals surface area (Å²) in [5, 5.41) is 12.4. The molecule has 0 fully saturated rings. The van der Waals surface area contributed by atoms with Crippen molar-refractivity contribution < 1.29 is 14.3 Å². The molecular weight excluding hydrogens is 214 g/mol. The molecule has 15 heavy (non-hydrogen) atoms. The molecule has 4 nitrogen and oxygen atoms in total. The number of nitrogens with one attached hydrogen (secondary N) is 1. The minimum Gasteiger partial charge on any atom is -0.475 e. The van der Waals surface area contributed by atoms with Crippen LogP contribution in [0.5, 0.6) is 0 Å². The van der Waals surface area contributed by atoms with Gasteiger partial charge in [0.25, 0.3) is 0 Å². The first kappa shape index (κ1) is 12.1. The third-order valence-electron chi connectivity index (χ3n) is 2.01. The summed E-state index contributed by atoms with van der Waals surface area (Å²) in [4.78, 5) is 10.5. The summed E-state index contributed by atoms with van der Waals surface area (Å²) in [5.41, 5.74) is 0. The normalized spacial score (nSPS) is 12.7. The highest BCUT2D eigenvalue weighted by Gasteiger charge is 2.08. The van der Waals surface area contributed by atoms with E-state index in [1.54, 1.807) is 17.8 Å². The molecule has 1 unspecified atom stereocenters. The van der Waals surface area contributed by atoms with Gasteiger partial charge in [0.05, 0.1) is 6.54 Å². The number of aromatic carboxylic acids is 1. The number of carboxylic acids is 1. The third kappa shape index (κ3) is 3.97. The summed E-state index contributed by atoms with van der Waals surface area (Å²) in [7, 11) is 0. The molecule has 0 aliphatic carbocycles. The maximum Gasteiger partial charge on any atom is 0.371 e. The van der Waals surface area contributed by atoms with Crippen molar-refractivity contribution in [2.75, 3.05) is 12.8 Å². The molecule has 2 N–H and O–H groups in total. The lowest BCUT2D eigenvalue weighted by atomic mass is 10.4. The predicted octanol–water partition coefficient (Wildman–Crippen LogP) is 1.82. The van der Waals surface area contributed by atoms with E-state index in [1.807, 2.05) is 0 Å². The topological polar surface area (TPSA) is 62.5 Å². The summed E-state index contributed by atoms with van der Waals surface area (Å²) in [6.45, 7) is 3.57. The molecule has 0 aliphatic heterocycles. The van der Waals surface area contributed by atoms with E-state index in [-0.39, 0.29) is 5.76 Å². The van der Waals surface area contributed by atoms with Gasteiger partial charge in [-0.2, -0.15) is 11.8 Å². The fourth-order valence-electron chi connectivity index (χ4n) is 1.07. The van der Waals surface area contributed by atoms with Crippen LogP contribution in [0, 0.1) is 0 Å². The Bertz CT molecular complexity index is 324. The second kappa shape index (κ2) is 5.82. The lowest BCUT2D eigenvalue weighted by Gasteiger charge is -2.07. The van der Waals surface area contributed by atoms with Gasteiger partial charge in [-0.3, -0.25) is 0 Å². The van der Waals surface area contributed by atoms with Crippen LogP contribution in [0.25, 0.3) is 0 Å². The Morgan fingerprint density at radius 2 is 2.40 bits per heavy atom. The third-order valence-corrected chi connectivity index (χ3v) is 2.98. The summed E-state index contributed by atoms with van der Waals surface area (Å²) >= 11 is 1.78. The zero-order valence-corrected chi connectivity index (χ0v) is 9.63. The summed E-state index contributed by atoms with van der Waals surface area (Å²) < 4.78 is 5.09. The fourth-order valence-corrected chi connectivity index (χ4v) is 1.35. The van der Waals surface area contributed by atoms with Gasteiger partial charge >= 0.3 is 5.97 Å². The first-order valence-corrected chi connectivity index (χ1v) is 5.97. The molecule has 1 aromatic rings. The van der Waals surface area contributed by atoms with Crippen LogP contribution < -0.4 is 5.32 Å². The molecule has 0 saturated carbocycles. The lowest BCUT2D eigenvalue weighted by molar-refractivity contribution is 0.0660. The largest absolute Gasteiger partial charge is 0.475 e. The van der Waals surface area contributed by atoms with Crippen molar-refractivity contribution >= 4 is 17.7 Å². The van der Waals surface area contributed by atoms with Crippen LogP contribution in [-0.4, -0.2) is 29.1 Å². The highest BCUT2D eigenvalue weighted by molar-refractivity contribution is 7.99. The predicted molar refractivity (Wildman–Crippen MR) is 60.4 cm³/mol. The first-order chi connectivity index (χ1) is 7.13. The number of hydrogen-bond acceptors (Lipinski definition) is 4. The summed E-state index contributed by atoms with van der Waals surface area (Å²) in [6.07, 6.45) is 2.06. The number of hydrogen-bond donors (Lipinski definition) is 2. The molecular formula is C10H15NO3S. The van der Waals surface area contributed by atoms with Gasteiger partial charge in [-0.25, -0.2) is 4.79 Å². The molecule has 0 spiro atoms. The first-order valence-electron chi connectivity index (χ1n) is 4.69.